The molecule has 0 aliphatic carbocycles. The van der Waals surface area contributed by atoms with E-state index in [1.807, 2.05) is 24.3 Å². The number of hydrogen-bond donors (Lipinski definition) is 0. The number of halogens is 1. The second-order valence-corrected chi connectivity index (χ2v) is 4.74. The van der Waals surface area contributed by atoms with E-state index in [4.69, 9.17) is 16.3 Å². The van der Waals surface area contributed by atoms with Gasteiger partial charge in [-0.1, -0.05) is 29.8 Å². The predicted octanol–water partition coefficient (Wildman–Crippen LogP) is 3.02. The third kappa shape index (κ3) is 3.08. The molecule has 104 valence electrons. The van der Waals surface area contributed by atoms with Crippen LogP contribution in [0.2, 0.25) is 5.02 Å². The number of ether oxygens (including phenoxy) is 1. The van der Waals surface area contributed by atoms with Gasteiger partial charge in [-0.05, 0) is 12.1 Å². The summed E-state index contributed by atoms with van der Waals surface area (Å²) in [6, 6.07) is 9.19. The van der Waals surface area contributed by atoms with Gasteiger partial charge in [0.1, 0.15) is 5.75 Å². The smallest absolute Gasteiger partial charge is 0.256 e. The van der Waals surface area contributed by atoms with E-state index in [1.54, 1.807) is 31.3 Å². The Labute approximate surface area is 123 Å². The summed E-state index contributed by atoms with van der Waals surface area (Å²) in [5.41, 5.74) is 1.33. The number of aromatic nitrogens is 1. The number of rotatable bonds is 4. The summed E-state index contributed by atoms with van der Waals surface area (Å²) in [5.74, 6) is 0.582. The SMILES string of the molecule is COc1ccccc1CN(C)C(=O)c1cnccc1Cl. The summed E-state index contributed by atoms with van der Waals surface area (Å²) in [6.45, 7) is 0.439. The molecule has 2 aromatic rings. The highest BCUT2D eigenvalue weighted by atomic mass is 35.5. The zero-order chi connectivity index (χ0) is 14.5. The highest BCUT2D eigenvalue weighted by Gasteiger charge is 2.16. The van der Waals surface area contributed by atoms with E-state index >= 15 is 0 Å². The van der Waals surface area contributed by atoms with Crippen LogP contribution in [0.1, 0.15) is 15.9 Å². The Morgan fingerprint density at radius 3 is 2.80 bits per heavy atom. The van der Waals surface area contributed by atoms with Crippen LogP contribution in [0, 0.1) is 0 Å². The first-order valence-electron chi connectivity index (χ1n) is 6.10. The average Bonchev–Trinajstić information content (AvgIpc) is 2.47. The second-order valence-electron chi connectivity index (χ2n) is 4.33. The lowest BCUT2D eigenvalue weighted by Gasteiger charge is -2.19. The number of hydrogen-bond acceptors (Lipinski definition) is 3. The number of carbonyl (C=O) groups excluding carboxylic acids is 1. The van der Waals surface area contributed by atoms with Gasteiger partial charge in [0.05, 0.1) is 17.7 Å². The van der Waals surface area contributed by atoms with E-state index in [1.165, 1.54) is 6.20 Å². The molecule has 0 fully saturated rings. The molecule has 1 aromatic carbocycles. The minimum Gasteiger partial charge on any atom is -0.496 e. The van der Waals surface area contributed by atoms with E-state index in [2.05, 4.69) is 4.98 Å². The fourth-order valence-electron chi connectivity index (χ4n) is 1.90. The van der Waals surface area contributed by atoms with Crippen LogP contribution in [0.5, 0.6) is 5.75 Å². The first-order chi connectivity index (χ1) is 9.63. The quantitative estimate of drug-likeness (QED) is 0.869. The molecule has 0 bridgehead atoms. The summed E-state index contributed by atoms with van der Waals surface area (Å²) in [4.78, 5) is 17.8. The fraction of sp³-hybridized carbons (Fsp3) is 0.200. The van der Waals surface area contributed by atoms with Gasteiger partial charge in [-0.25, -0.2) is 0 Å². The summed E-state index contributed by atoms with van der Waals surface area (Å²) < 4.78 is 5.28. The monoisotopic (exact) mass is 290 g/mol. The van der Waals surface area contributed by atoms with E-state index in [0.717, 1.165) is 11.3 Å². The van der Waals surface area contributed by atoms with Crippen LogP contribution in [0.4, 0.5) is 0 Å². The van der Waals surface area contributed by atoms with Crippen LogP contribution in [-0.2, 0) is 6.54 Å². The van der Waals surface area contributed by atoms with Gasteiger partial charge in [0, 0.05) is 31.5 Å². The van der Waals surface area contributed by atoms with Crippen LogP contribution in [-0.4, -0.2) is 29.9 Å². The topological polar surface area (TPSA) is 42.4 Å². The van der Waals surface area contributed by atoms with Crippen molar-refractivity contribution in [2.24, 2.45) is 0 Å². The largest absolute Gasteiger partial charge is 0.496 e. The maximum atomic E-state index is 12.3. The maximum Gasteiger partial charge on any atom is 0.256 e. The maximum absolute atomic E-state index is 12.3. The van der Waals surface area contributed by atoms with Crippen molar-refractivity contribution in [3.05, 3.63) is 58.9 Å². The number of carbonyl (C=O) groups is 1. The van der Waals surface area contributed by atoms with Gasteiger partial charge in [-0.3, -0.25) is 9.78 Å². The van der Waals surface area contributed by atoms with Crippen molar-refractivity contribution >= 4 is 17.5 Å². The Morgan fingerprint density at radius 2 is 2.10 bits per heavy atom. The number of benzene rings is 1. The molecule has 20 heavy (non-hydrogen) atoms. The second kappa shape index (κ2) is 6.39. The zero-order valence-electron chi connectivity index (χ0n) is 11.3. The Balaban J connectivity index is 2.18. The van der Waals surface area contributed by atoms with E-state index < -0.39 is 0 Å². The summed E-state index contributed by atoms with van der Waals surface area (Å²) in [6.07, 6.45) is 3.03. The summed E-state index contributed by atoms with van der Waals surface area (Å²) >= 11 is 6.01. The van der Waals surface area contributed by atoms with Crippen molar-refractivity contribution in [1.29, 1.82) is 0 Å². The molecule has 0 spiro atoms. The Hall–Kier alpha value is -2.07. The van der Waals surface area contributed by atoms with Crippen LogP contribution in [0.15, 0.2) is 42.7 Å². The number of para-hydroxylation sites is 1. The van der Waals surface area contributed by atoms with Crippen LogP contribution in [0.3, 0.4) is 0 Å². The molecule has 0 saturated carbocycles. The summed E-state index contributed by atoms with van der Waals surface area (Å²) in [7, 11) is 3.33. The third-order valence-electron chi connectivity index (χ3n) is 2.95. The lowest BCUT2D eigenvalue weighted by atomic mass is 10.1. The molecule has 2 rings (SSSR count). The molecular weight excluding hydrogens is 276 g/mol. The van der Waals surface area contributed by atoms with Gasteiger partial charge in [0.15, 0.2) is 0 Å². The Kier molecular flexibility index (Phi) is 4.58. The van der Waals surface area contributed by atoms with Gasteiger partial charge in [-0.15, -0.1) is 0 Å². The first-order valence-corrected chi connectivity index (χ1v) is 6.48. The van der Waals surface area contributed by atoms with E-state index in [9.17, 15) is 4.79 Å². The van der Waals surface area contributed by atoms with Gasteiger partial charge < -0.3 is 9.64 Å². The van der Waals surface area contributed by atoms with Crippen molar-refractivity contribution in [3.8, 4) is 5.75 Å². The van der Waals surface area contributed by atoms with Crippen LogP contribution < -0.4 is 4.74 Å². The lowest BCUT2D eigenvalue weighted by molar-refractivity contribution is 0.0784. The molecule has 1 heterocycles. The fourth-order valence-corrected chi connectivity index (χ4v) is 2.09. The lowest BCUT2D eigenvalue weighted by Crippen LogP contribution is -2.26. The molecular formula is C15H15ClN2O2. The normalized spacial score (nSPS) is 10.2. The van der Waals surface area contributed by atoms with E-state index in [-0.39, 0.29) is 5.91 Å². The standard InChI is InChI=1S/C15H15ClN2O2/c1-18(10-11-5-3-4-6-14(11)20-2)15(19)12-9-17-8-7-13(12)16/h3-9H,10H2,1-2H3. The number of pyridine rings is 1. The average molecular weight is 291 g/mol. The first kappa shape index (κ1) is 14.3. The van der Waals surface area contributed by atoms with Gasteiger partial charge in [-0.2, -0.15) is 0 Å². The van der Waals surface area contributed by atoms with Crippen molar-refractivity contribution < 1.29 is 9.53 Å². The number of nitrogens with zero attached hydrogens (tertiary/aromatic N) is 2. The molecule has 0 atom stereocenters. The molecule has 5 heteroatoms. The van der Waals surface area contributed by atoms with Crippen molar-refractivity contribution in [3.63, 3.8) is 0 Å². The number of amides is 1. The highest BCUT2D eigenvalue weighted by Crippen LogP contribution is 2.21. The van der Waals surface area contributed by atoms with Crippen molar-refractivity contribution in [2.45, 2.75) is 6.54 Å². The number of methoxy groups -OCH3 is 1. The molecule has 0 saturated heterocycles. The predicted molar refractivity (Wildman–Crippen MR) is 78.0 cm³/mol. The van der Waals surface area contributed by atoms with Crippen LogP contribution >= 0.6 is 11.6 Å². The van der Waals surface area contributed by atoms with Gasteiger partial charge >= 0.3 is 0 Å². The Morgan fingerprint density at radius 1 is 1.35 bits per heavy atom. The highest BCUT2D eigenvalue weighted by molar-refractivity contribution is 6.33. The molecule has 4 nitrogen and oxygen atoms in total. The molecule has 0 unspecified atom stereocenters. The molecule has 0 aliphatic rings. The molecule has 0 radical (unpaired) electrons. The molecule has 0 N–H and O–H groups in total. The van der Waals surface area contributed by atoms with Gasteiger partial charge in [0.2, 0.25) is 0 Å². The van der Waals surface area contributed by atoms with Crippen molar-refractivity contribution in [1.82, 2.24) is 9.88 Å². The molecule has 0 aliphatic heterocycles. The summed E-state index contributed by atoms with van der Waals surface area (Å²) in [5, 5.41) is 0.400. The minimum absolute atomic E-state index is 0.172. The van der Waals surface area contributed by atoms with Crippen molar-refractivity contribution in [2.75, 3.05) is 14.2 Å². The third-order valence-corrected chi connectivity index (χ3v) is 3.27. The molecule has 1 amide bonds. The Bertz CT molecular complexity index is 616. The molecule has 1 aromatic heterocycles. The minimum atomic E-state index is -0.172. The van der Waals surface area contributed by atoms with Gasteiger partial charge in [0.25, 0.3) is 5.91 Å². The zero-order valence-corrected chi connectivity index (χ0v) is 12.1. The van der Waals surface area contributed by atoms with Crippen LogP contribution in [0.25, 0.3) is 0 Å². The van der Waals surface area contributed by atoms with E-state index in [0.29, 0.717) is 17.1 Å².